The maximum Gasteiger partial charge on any atom is 0.332 e. The average molecular weight is 293 g/mol. The summed E-state index contributed by atoms with van der Waals surface area (Å²) >= 11 is 0. The Morgan fingerprint density at radius 1 is 1.16 bits per heavy atom. The van der Waals surface area contributed by atoms with Crippen LogP contribution in [-0.2, 0) is 23.1 Å². The van der Waals surface area contributed by atoms with Crippen molar-refractivity contribution in [3.8, 4) is 0 Å². The largest absolute Gasteiger partial charge is 0.465 e. The second-order valence-corrected chi connectivity index (χ2v) is 6.48. The number of carbonyl (C=O) groups excluding carboxylic acids is 1. The summed E-state index contributed by atoms with van der Waals surface area (Å²) in [6.45, 7) is 6.43. The van der Waals surface area contributed by atoms with Crippen molar-refractivity contribution >= 4 is 13.6 Å². The number of nitrogens with one attached hydrogen (secondary N) is 1. The van der Waals surface area contributed by atoms with Gasteiger partial charge in [0.1, 0.15) is 6.04 Å². The predicted molar refractivity (Wildman–Crippen MR) is 72.3 cm³/mol. The summed E-state index contributed by atoms with van der Waals surface area (Å²) in [5.41, 5.74) is 0. The van der Waals surface area contributed by atoms with E-state index in [1.807, 2.05) is 0 Å². The molecule has 1 rings (SSSR count). The predicted octanol–water partition coefficient (Wildman–Crippen LogP) is 1.94. The normalized spacial score (nSPS) is 23.5. The molecule has 112 valence electrons. The van der Waals surface area contributed by atoms with E-state index in [2.05, 4.69) is 5.32 Å². The van der Waals surface area contributed by atoms with Crippen LogP contribution >= 0.6 is 7.60 Å². The van der Waals surface area contributed by atoms with Gasteiger partial charge < -0.3 is 19.1 Å². The molecule has 1 fully saturated rings. The Morgan fingerprint density at radius 3 is 2.32 bits per heavy atom. The van der Waals surface area contributed by atoms with E-state index in [0.29, 0.717) is 32.4 Å². The minimum Gasteiger partial charge on any atom is -0.465 e. The van der Waals surface area contributed by atoms with Crippen LogP contribution in [-0.4, -0.2) is 44.0 Å². The van der Waals surface area contributed by atoms with E-state index in [-0.39, 0.29) is 18.1 Å². The Labute approximate surface area is 114 Å². The standard InChI is InChI=1S/C12H24NO5P/c1-4-16-12(14)11-8-7-10(13-11)9-19(15,17-5-2)18-6-3/h10-11,13H,4-9H2,1-3H3/t10-,11-/m0/s1. The zero-order valence-electron chi connectivity index (χ0n) is 11.9. The summed E-state index contributed by atoms with van der Waals surface area (Å²) in [4.78, 5) is 11.6. The van der Waals surface area contributed by atoms with Gasteiger partial charge in [0, 0.05) is 6.04 Å². The Hall–Kier alpha value is -0.420. The van der Waals surface area contributed by atoms with E-state index in [9.17, 15) is 9.36 Å². The lowest BCUT2D eigenvalue weighted by molar-refractivity contribution is -0.145. The maximum atomic E-state index is 12.4. The lowest BCUT2D eigenvalue weighted by atomic mass is 10.2. The number of esters is 1. The molecule has 1 saturated heterocycles. The Balaban J connectivity index is 2.49. The molecule has 1 aliphatic heterocycles. The molecule has 0 amide bonds. The molecule has 0 radical (unpaired) electrons. The van der Waals surface area contributed by atoms with Crippen LogP contribution in [0.1, 0.15) is 33.6 Å². The molecule has 19 heavy (non-hydrogen) atoms. The molecule has 1 aliphatic rings. The number of carbonyl (C=O) groups is 1. The van der Waals surface area contributed by atoms with Gasteiger partial charge in [-0.05, 0) is 33.6 Å². The molecular formula is C12H24NO5P. The van der Waals surface area contributed by atoms with Crippen LogP contribution in [0.5, 0.6) is 0 Å². The van der Waals surface area contributed by atoms with Crippen LogP contribution in [0.4, 0.5) is 0 Å². The molecule has 0 aromatic heterocycles. The van der Waals surface area contributed by atoms with E-state index >= 15 is 0 Å². The lowest BCUT2D eigenvalue weighted by Crippen LogP contribution is -2.38. The molecule has 0 unspecified atom stereocenters. The summed E-state index contributed by atoms with van der Waals surface area (Å²) in [6, 6.07) is -0.333. The number of rotatable bonds is 8. The number of ether oxygens (including phenoxy) is 1. The molecule has 7 heteroatoms. The first-order valence-electron chi connectivity index (χ1n) is 6.85. The van der Waals surface area contributed by atoms with E-state index in [1.165, 1.54) is 0 Å². The highest BCUT2D eigenvalue weighted by molar-refractivity contribution is 7.53. The van der Waals surface area contributed by atoms with Gasteiger partial charge in [-0.1, -0.05) is 0 Å². The minimum atomic E-state index is -3.06. The number of hydrogen-bond acceptors (Lipinski definition) is 6. The zero-order valence-corrected chi connectivity index (χ0v) is 12.8. The van der Waals surface area contributed by atoms with Gasteiger partial charge in [-0.15, -0.1) is 0 Å². The van der Waals surface area contributed by atoms with Crippen LogP contribution in [0.25, 0.3) is 0 Å². The van der Waals surface area contributed by atoms with Crippen LogP contribution in [0.2, 0.25) is 0 Å². The highest BCUT2D eigenvalue weighted by atomic mass is 31.2. The van der Waals surface area contributed by atoms with E-state index in [4.69, 9.17) is 13.8 Å². The smallest absolute Gasteiger partial charge is 0.332 e. The molecular weight excluding hydrogens is 269 g/mol. The van der Waals surface area contributed by atoms with Gasteiger partial charge in [0.25, 0.3) is 0 Å². The molecule has 2 atom stereocenters. The molecule has 0 aromatic carbocycles. The van der Waals surface area contributed by atoms with Crippen molar-refractivity contribution in [2.45, 2.75) is 45.7 Å². The fourth-order valence-corrected chi connectivity index (χ4v) is 4.10. The first-order chi connectivity index (χ1) is 9.04. The van der Waals surface area contributed by atoms with Crippen molar-refractivity contribution in [2.75, 3.05) is 26.0 Å². The number of hydrogen-bond donors (Lipinski definition) is 1. The van der Waals surface area contributed by atoms with Gasteiger partial charge in [-0.3, -0.25) is 9.36 Å². The summed E-state index contributed by atoms with van der Waals surface area (Å²) in [6.07, 6.45) is 1.76. The average Bonchev–Trinajstić information content (AvgIpc) is 2.78. The van der Waals surface area contributed by atoms with Gasteiger partial charge >= 0.3 is 13.6 Å². The van der Waals surface area contributed by atoms with Crippen LogP contribution in [0.3, 0.4) is 0 Å². The Morgan fingerprint density at radius 2 is 1.79 bits per heavy atom. The first-order valence-corrected chi connectivity index (χ1v) is 8.58. The van der Waals surface area contributed by atoms with Gasteiger partial charge in [0.2, 0.25) is 0 Å². The molecule has 1 N–H and O–H groups in total. The third-order valence-corrected chi connectivity index (χ3v) is 5.10. The molecule has 0 aliphatic carbocycles. The second-order valence-electron chi connectivity index (χ2n) is 4.37. The first kappa shape index (κ1) is 16.6. The van der Waals surface area contributed by atoms with Gasteiger partial charge in [0.05, 0.1) is 26.0 Å². The molecule has 0 aromatic rings. The second kappa shape index (κ2) is 8.00. The minimum absolute atomic E-state index is 0.0293. The SMILES string of the molecule is CCOC(=O)[C@@H]1CC[C@@H](CP(=O)(OCC)OCC)N1. The van der Waals surface area contributed by atoms with Crippen LogP contribution in [0, 0.1) is 0 Å². The van der Waals surface area contributed by atoms with Crippen molar-refractivity contribution in [3.05, 3.63) is 0 Å². The van der Waals surface area contributed by atoms with E-state index in [1.54, 1.807) is 20.8 Å². The van der Waals surface area contributed by atoms with E-state index in [0.717, 1.165) is 6.42 Å². The highest BCUT2D eigenvalue weighted by Gasteiger charge is 2.36. The third-order valence-electron chi connectivity index (χ3n) is 2.91. The topological polar surface area (TPSA) is 73.9 Å². The molecule has 0 spiro atoms. The fraction of sp³-hybridized carbons (Fsp3) is 0.917. The quantitative estimate of drug-likeness (QED) is 0.544. The van der Waals surface area contributed by atoms with Crippen LogP contribution < -0.4 is 5.32 Å². The van der Waals surface area contributed by atoms with Crippen molar-refractivity contribution in [2.24, 2.45) is 0 Å². The molecule has 0 bridgehead atoms. The summed E-state index contributed by atoms with van der Waals surface area (Å²) in [7, 11) is -3.06. The fourth-order valence-electron chi connectivity index (χ4n) is 2.20. The van der Waals surface area contributed by atoms with E-state index < -0.39 is 7.60 Å². The van der Waals surface area contributed by atoms with Crippen molar-refractivity contribution < 1.29 is 23.1 Å². The zero-order chi connectivity index (χ0) is 14.3. The van der Waals surface area contributed by atoms with Gasteiger partial charge in [0.15, 0.2) is 0 Å². The molecule has 6 nitrogen and oxygen atoms in total. The Kier molecular flexibility index (Phi) is 7.00. The molecule has 0 saturated carbocycles. The summed E-state index contributed by atoms with van der Waals surface area (Å²) in [5.74, 6) is -0.243. The van der Waals surface area contributed by atoms with Crippen molar-refractivity contribution in [1.29, 1.82) is 0 Å². The van der Waals surface area contributed by atoms with Crippen LogP contribution in [0.15, 0.2) is 0 Å². The Bertz CT molecular complexity index is 326. The van der Waals surface area contributed by atoms with Crippen molar-refractivity contribution in [1.82, 2.24) is 5.32 Å². The maximum absolute atomic E-state index is 12.4. The third kappa shape index (κ3) is 5.22. The molecule has 1 heterocycles. The van der Waals surface area contributed by atoms with Gasteiger partial charge in [-0.25, -0.2) is 0 Å². The highest BCUT2D eigenvalue weighted by Crippen LogP contribution is 2.49. The monoisotopic (exact) mass is 293 g/mol. The summed E-state index contributed by atoms with van der Waals surface area (Å²) in [5, 5.41) is 3.14. The van der Waals surface area contributed by atoms with Gasteiger partial charge in [-0.2, -0.15) is 0 Å². The lowest BCUT2D eigenvalue weighted by Gasteiger charge is -2.21. The van der Waals surface area contributed by atoms with Crippen molar-refractivity contribution in [3.63, 3.8) is 0 Å². The summed E-state index contributed by atoms with van der Waals surface area (Å²) < 4.78 is 27.8.